The molecule has 0 bridgehead atoms. The molecule has 1 aromatic heterocycles. The highest BCUT2D eigenvalue weighted by atomic mass is 15.2. The van der Waals surface area contributed by atoms with Crippen LogP contribution in [0.3, 0.4) is 0 Å². The number of pyridine rings is 1. The Balaban J connectivity index is 2.06. The minimum absolute atomic E-state index is 0.128. The van der Waals surface area contributed by atoms with Crippen LogP contribution < -0.4 is 10.2 Å². The molecular formula is C17H29N3. The van der Waals surface area contributed by atoms with Crippen LogP contribution in [0.2, 0.25) is 0 Å². The quantitative estimate of drug-likeness (QED) is 0.860. The van der Waals surface area contributed by atoms with Gasteiger partial charge in [0.05, 0.1) is 5.69 Å². The van der Waals surface area contributed by atoms with E-state index in [1.807, 2.05) is 6.20 Å². The van der Waals surface area contributed by atoms with Crippen LogP contribution in [0.1, 0.15) is 53.2 Å². The molecule has 0 aliphatic heterocycles. The highest BCUT2D eigenvalue weighted by Gasteiger charge is 2.25. The van der Waals surface area contributed by atoms with Gasteiger partial charge in [-0.05, 0) is 65.5 Å². The Morgan fingerprint density at radius 3 is 2.60 bits per heavy atom. The van der Waals surface area contributed by atoms with Crippen molar-refractivity contribution in [1.29, 1.82) is 0 Å². The van der Waals surface area contributed by atoms with Crippen LogP contribution in [0.5, 0.6) is 0 Å². The summed E-state index contributed by atoms with van der Waals surface area (Å²) in [5, 5.41) is 3.51. The van der Waals surface area contributed by atoms with Gasteiger partial charge in [0.1, 0.15) is 0 Å². The topological polar surface area (TPSA) is 28.2 Å². The number of nitrogens with one attached hydrogen (secondary N) is 1. The molecule has 1 aliphatic rings. The second-order valence-electron chi connectivity index (χ2n) is 7.30. The van der Waals surface area contributed by atoms with Crippen LogP contribution in [0.25, 0.3) is 0 Å². The first-order chi connectivity index (χ1) is 9.35. The van der Waals surface area contributed by atoms with Crippen LogP contribution in [0.4, 0.5) is 5.69 Å². The maximum atomic E-state index is 4.49. The van der Waals surface area contributed by atoms with Gasteiger partial charge >= 0.3 is 0 Å². The molecular weight excluding hydrogens is 246 g/mol. The van der Waals surface area contributed by atoms with E-state index >= 15 is 0 Å². The minimum Gasteiger partial charge on any atom is -0.369 e. The molecule has 0 radical (unpaired) electrons. The van der Waals surface area contributed by atoms with Crippen molar-refractivity contribution in [2.75, 3.05) is 11.4 Å². The van der Waals surface area contributed by atoms with Crippen molar-refractivity contribution in [3.8, 4) is 0 Å². The molecule has 1 heterocycles. The van der Waals surface area contributed by atoms with E-state index in [1.165, 1.54) is 25.1 Å². The molecule has 2 rings (SSSR count). The average Bonchev–Trinajstić information content (AvgIpc) is 3.16. The largest absolute Gasteiger partial charge is 0.369 e. The van der Waals surface area contributed by atoms with Crippen molar-refractivity contribution < 1.29 is 0 Å². The summed E-state index contributed by atoms with van der Waals surface area (Å²) < 4.78 is 0. The molecule has 0 spiro atoms. The summed E-state index contributed by atoms with van der Waals surface area (Å²) >= 11 is 0. The smallest absolute Gasteiger partial charge is 0.0562 e. The lowest BCUT2D eigenvalue weighted by Crippen LogP contribution is -2.35. The molecule has 1 aromatic rings. The zero-order chi connectivity index (χ0) is 14.8. The monoisotopic (exact) mass is 275 g/mol. The van der Waals surface area contributed by atoms with Gasteiger partial charge in [-0.25, -0.2) is 0 Å². The summed E-state index contributed by atoms with van der Waals surface area (Å²) in [4.78, 5) is 7.00. The van der Waals surface area contributed by atoms with E-state index in [1.54, 1.807) is 0 Å². The summed E-state index contributed by atoms with van der Waals surface area (Å²) in [6.07, 6.45) is 4.73. The molecule has 0 amide bonds. The predicted molar refractivity (Wildman–Crippen MR) is 86.0 cm³/mol. The third-order valence-electron chi connectivity index (χ3n) is 3.71. The standard InChI is InChI=1S/C17H29N3/c1-13(2)20(12-14-6-7-14)16-8-9-18-15(10-16)11-19-17(3,4)5/h8-10,13-14,19H,6-7,11-12H2,1-5H3. The minimum atomic E-state index is 0.128. The van der Waals surface area contributed by atoms with Crippen molar-refractivity contribution in [3.63, 3.8) is 0 Å². The van der Waals surface area contributed by atoms with Crippen molar-refractivity contribution >= 4 is 5.69 Å². The van der Waals surface area contributed by atoms with E-state index in [0.29, 0.717) is 6.04 Å². The van der Waals surface area contributed by atoms with Gasteiger partial charge in [-0.15, -0.1) is 0 Å². The number of nitrogens with zero attached hydrogens (tertiary/aromatic N) is 2. The lowest BCUT2D eigenvalue weighted by molar-refractivity contribution is 0.421. The van der Waals surface area contributed by atoms with Crippen LogP contribution in [0, 0.1) is 5.92 Å². The van der Waals surface area contributed by atoms with Crippen LogP contribution in [0.15, 0.2) is 18.3 Å². The van der Waals surface area contributed by atoms with Crippen LogP contribution in [-0.2, 0) is 6.54 Å². The number of aromatic nitrogens is 1. The van der Waals surface area contributed by atoms with Gasteiger partial charge in [0.2, 0.25) is 0 Å². The molecule has 0 atom stereocenters. The van der Waals surface area contributed by atoms with Crippen molar-refractivity contribution in [2.24, 2.45) is 5.92 Å². The first-order valence-corrected chi connectivity index (χ1v) is 7.82. The fourth-order valence-electron chi connectivity index (χ4n) is 2.29. The normalized spacial score (nSPS) is 15.7. The molecule has 20 heavy (non-hydrogen) atoms. The van der Waals surface area contributed by atoms with E-state index in [0.717, 1.165) is 18.2 Å². The van der Waals surface area contributed by atoms with Gasteiger partial charge in [-0.2, -0.15) is 0 Å². The highest BCUT2D eigenvalue weighted by Crippen LogP contribution is 2.32. The summed E-state index contributed by atoms with van der Waals surface area (Å²) in [7, 11) is 0. The second-order valence-corrected chi connectivity index (χ2v) is 7.30. The van der Waals surface area contributed by atoms with Gasteiger partial charge in [0.15, 0.2) is 0 Å². The molecule has 112 valence electrons. The molecule has 1 N–H and O–H groups in total. The molecule has 3 nitrogen and oxygen atoms in total. The zero-order valence-corrected chi connectivity index (χ0v) is 13.6. The molecule has 0 unspecified atom stereocenters. The Hall–Kier alpha value is -1.09. The number of rotatable bonds is 6. The second kappa shape index (κ2) is 6.13. The van der Waals surface area contributed by atoms with Crippen LogP contribution >= 0.6 is 0 Å². The lowest BCUT2D eigenvalue weighted by Gasteiger charge is -2.29. The van der Waals surface area contributed by atoms with Gasteiger partial charge in [-0.1, -0.05) is 0 Å². The molecule has 1 saturated carbocycles. The SMILES string of the molecule is CC(C)N(CC1CC1)c1ccnc(CNC(C)(C)C)c1. The fraction of sp³-hybridized carbons (Fsp3) is 0.706. The van der Waals surface area contributed by atoms with Gasteiger partial charge in [0.25, 0.3) is 0 Å². The first-order valence-electron chi connectivity index (χ1n) is 7.82. The summed E-state index contributed by atoms with van der Waals surface area (Å²) in [5.41, 5.74) is 2.56. The van der Waals surface area contributed by atoms with E-state index in [4.69, 9.17) is 0 Å². The Bertz CT molecular complexity index is 430. The maximum Gasteiger partial charge on any atom is 0.0562 e. The zero-order valence-electron chi connectivity index (χ0n) is 13.6. The third kappa shape index (κ3) is 4.78. The van der Waals surface area contributed by atoms with Crippen molar-refractivity contribution in [1.82, 2.24) is 10.3 Å². The Morgan fingerprint density at radius 2 is 2.05 bits per heavy atom. The van der Waals surface area contributed by atoms with Gasteiger partial charge < -0.3 is 10.2 Å². The van der Waals surface area contributed by atoms with E-state index in [9.17, 15) is 0 Å². The number of anilines is 1. The van der Waals surface area contributed by atoms with Crippen molar-refractivity contribution in [2.45, 2.75) is 65.6 Å². The fourth-order valence-corrected chi connectivity index (χ4v) is 2.29. The first kappa shape index (κ1) is 15.3. The molecule has 0 aromatic carbocycles. The lowest BCUT2D eigenvalue weighted by atomic mass is 10.1. The summed E-state index contributed by atoms with van der Waals surface area (Å²) in [6, 6.07) is 4.92. The molecule has 3 heteroatoms. The molecule has 0 saturated heterocycles. The maximum absolute atomic E-state index is 4.49. The van der Waals surface area contributed by atoms with E-state index in [-0.39, 0.29) is 5.54 Å². The summed E-state index contributed by atoms with van der Waals surface area (Å²) in [5.74, 6) is 0.904. The predicted octanol–water partition coefficient (Wildman–Crippen LogP) is 3.59. The highest BCUT2D eigenvalue weighted by molar-refractivity contribution is 5.47. The average molecular weight is 275 g/mol. The van der Waals surface area contributed by atoms with Crippen molar-refractivity contribution in [3.05, 3.63) is 24.0 Å². The molecule has 1 fully saturated rings. The van der Waals surface area contributed by atoms with Crippen LogP contribution in [-0.4, -0.2) is 23.1 Å². The number of hydrogen-bond donors (Lipinski definition) is 1. The third-order valence-corrected chi connectivity index (χ3v) is 3.71. The van der Waals surface area contributed by atoms with Gasteiger partial charge in [-0.3, -0.25) is 4.98 Å². The molecule has 1 aliphatic carbocycles. The number of hydrogen-bond acceptors (Lipinski definition) is 3. The Kier molecular flexibility index (Phi) is 4.69. The Labute approximate surface area is 123 Å². The summed E-state index contributed by atoms with van der Waals surface area (Å²) in [6.45, 7) is 13.1. The Morgan fingerprint density at radius 1 is 1.35 bits per heavy atom. The van der Waals surface area contributed by atoms with E-state index in [2.05, 4.69) is 62.0 Å². The van der Waals surface area contributed by atoms with E-state index < -0.39 is 0 Å². The van der Waals surface area contributed by atoms with Gasteiger partial charge in [0, 0.05) is 36.6 Å².